The molecule has 0 amide bonds. The number of benzene rings is 6. The molecule has 0 spiro atoms. The third-order valence-corrected chi connectivity index (χ3v) is 9.62. The Morgan fingerprint density at radius 1 is 0.500 bits per heavy atom. The molecular formula is C43H29N5. The maximum atomic E-state index is 5.08. The summed E-state index contributed by atoms with van der Waals surface area (Å²) in [6, 6.07) is 55.8. The zero-order chi connectivity index (χ0) is 31.6. The molecule has 0 saturated carbocycles. The van der Waals surface area contributed by atoms with E-state index in [2.05, 4.69) is 166 Å². The van der Waals surface area contributed by atoms with E-state index in [0.29, 0.717) is 0 Å². The van der Waals surface area contributed by atoms with Crippen molar-refractivity contribution in [1.82, 2.24) is 19.4 Å². The molecule has 3 aromatic heterocycles. The first-order valence-electron chi connectivity index (χ1n) is 16.3. The number of hydrogen-bond donors (Lipinski definition) is 1. The lowest BCUT2D eigenvalue weighted by Crippen LogP contribution is -2.32. The van der Waals surface area contributed by atoms with Gasteiger partial charge in [0, 0.05) is 44.6 Å². The lowest BCUT2D eigenvalue weighted by molar-refractivity contribution is 0.749. The summed E-state index contributed by atoms with van der Waals surface area (Å²) in [5.74, 6) is 1.69. The van der Waals surface area contributed by atoms with Crippen LogP contribution in [0.4, 0.5) is 5.69 Å². The SMILES string of the molecule is c1ccc(C2NC(c3ccc(-n4c5ccccc5c5cc6c(cc54)c4ccccc4n6-c4ccccc4)nc3)=Nc3ccccc32)cc1. The van der Waals surface area contributed by atoms with Crippen LogP contribution < -0.4 is 5.32 Å². The minimum Gasteiger partial charge on any atom is -0.359 e. The number of nitrogens with zero attached hydrogens (tertiary/aromatic N) is 4. The molecule has 0 bridgehead atoms. The predicted octanol–water partition coefficient (Wildman–Crippen LogP) is 10.0. The summed E-state index contributed by atoms with van der Waals surface area (Å²) in [6.07, 6.45) is 1.94. The molecule has 1 aliphatic heterocycles. The Kier molecular flexibility index (Phi) is 5.87. The number of hydrogen-bond acceptors (Lipinski definition) is 3. The number of nitrogens with one attached hydrogen (secondary N) is 1. The van der Waals surface area contributed by atoms with Gasteiger partial charge in [-0.2, -0.15) is 0 Å². The van der Waals surface area contributed by atoms with E-state index >= 15 is 0 Å². The maximum absolute atomic E-state index is 5.08. The highest BCUT2D eigenvalue weighted by Crippen LogP contribution is 2.39. The van der Waals surface area contributed by atoms with Crippen LogP contribution in [0.5, 0.6) is 0 Å². The number of amidine groups is 1. The molecule has 1 unspecified atom stereocenters. The van der Waals surface area contributed by atoms with Crippen molar-refractivity contribution in [2.45, 2.75) is 6.04 Å². The number of pyridine rings is 1. The van der Waals surface area contributed by atoms with Crippen LogP contribution in [-0.2, 0) is 0 Å². The molecular weight excluding hydrogens is 587 g/mol. The van der Waals surface area contributed by atoms with Gasteiger partial charge < -0.3 is 9.88 Å². The molecule has 0 aliphatic carbocycles. The van der Waals surface area contributed by atoms with Gasteiger partial charge in [0.1, 0.15) is 11.7 Å². The zero-order valence-electron chi connectivity index (χ0n) is 26.0. The van der Waals surface area contributed by atoms with E-state index in [1.165, 1.54) is 43.7 Å². The molecule has 10 rings (SSSR count). The van der Waals surface area contributed by atoms with Crippen LogP contribution in [0, 0.1) is 0 Å². The van der Waals surface area contributed by atoms with Crippen LogP contribution in [0.25, 0.3) is 55.1 Å². The molecule has 1 N–H and O–H groups in total. The maximum Gasteiger partial charge on any atom is 0.137 e. The highest BCUT2D eigenvalue weighted by Gasteiger charge is 2.24. The van der Waals surface area contributed by atoms with E-state index in [1.54, 1.807) is 0 Å². The van der Waals surface area contributed by atoms with Crippen molar-refractivity contribution in [3.63, 3.8) is 0 Å². The van der Waals surface area contributed by atoms with Gasteiger partial charge in [0.2, 0.25) is 0 Å². The normalized spacial score (nSPS) is 14.3. The molecule has 1 atom stereocenters. The van der Waals surface area contributed by atoms with Gasteiger partial charge in [0.25, 0.3) is 0 Å². The quantitative estimate of drug-likeness (QED) is 0.214. The first kappa shape index (κ1) is 26.7. The highest BCUT2D eigenvalue weighted by atomic mass is 15.1. The van der Waals surface area contributed by atoms with Crippen LogP contribution in [0.15, 0.2) is 169 Å². The van der Waals surface area contributed by atoms with E-state index in [4.69, 9.17) is 9.98 Å². The summed E-state index contributed by atoms with van der Waals surface area (Å²) in [5.41, 5.74) is 10.1. The fourth-order valence-electron chi connectivity index (χ4n) is 7.45. The first-order chi connectivity index (χ1) is 23.8. The van der Waals surface area contributed by atoms with Crippen LogP contribution >= 0.6 is 0 Å². The standard InChI is InChI=1S/C43H29N5/c1-3-13-28(14-4-1)42-33-19-7-10-20-36(33)45-43(46-42)29-23-24-41(44-27-29)48-38-22-12-9-18-32(38)35-25-39-34(26-40(35)48)31-17-8-11-21-37(31)47(39)30-15-5-2-6-16-30/h1-27,42H,(H,45,46). The molecule has 0 saturated heterocycles. The van der Waals surface area contributed by atoms with E-state index in [-0.39, 0.29) is 6.04 Å². The van der Waals surface area contributed by atoms with Crippen molar-refractivity contribution in [3.05, 3.63) is 181 Å². The number of para-hydroxylation sites is 4. The molecule has 226 valence electrons. The second-order valence-corrected chi connectivity index (χ2v) is 12.3. The van der Waals surface area contributed by atoms with Crippen LogP contribution in [-0.4, -0.2) is 20.0 Å². The van der Waals surface area contributed by atoms with Crippen molar-refractivity contribution in [2.24, 2.45) is 4.99 Å². The van der Waals surface area contributed by atoms with Crippen molar-refractivity contribution < 1.29 is 0 Å². The number of rotatable bonds is 4. The van der Waals surface area contributed by atoms with E-state index < -0.39 is 0 Å². The molecule has 4 heterocycles. The van der Waals surface area contributed by atoms with Gasteiger partial charge in [-0.3, -0.25) is 4.57 Å². The van der Waals surface area contributed by atoms with Crippen molar-refractivity contribution in [3.8, 4) is 11.5 Å². The second-order valence-electron chi connectivity index (χ2n) is 12.3. The third-order valence-electron chi connectivity index (χ3n) is 9.62. The Morgan fingerprint density at radius 2 is 1.10 bits per heavy atom. The van der Waals surface area contributed by atoms with Gasteiger partial charge in [-0.1, -0.05) is 103 Å². The lowest BCUT2D eigenvalue weighted by Gasteiger charge is -2.27. The van der Waals surface area contributed by atoms with Crippen molar-refractivity contribution in [1.29, 1.82) is 0 Å². The van der Waals surface area contributed by atoms with Gasteiger partial charge in [0.05, 0.1) is 33.8 Å². The first-order valence-corrected chi connectivity index (χ1v) is 16.3. The fraction of sp³-hybridized carbons (Fsp3) is 0.0233. The topological polar surface area (TPSA) is 47.1 Å². The van der Waals surface area contributed by atoms with Crippen LogP contribution in [0.3, 0.4) is 0 Å². The molecule has 0 radical (unpaired) electrons. The highest BCUT2D eigenvalue weighted by molar-refractivity contribution is 6.19. The Bertz CT molecular complexity index is 2680. The summed E-state index contributed by atoms with van der Waals surface area (Å²) < 4.78 is 4.67. The van der Waals surface area contributed by atoms with Crippen molar-refractivity contribution in [2.75, 3.05) is 0 Å². The van der Waals surface area contributed by atoms with Gasteiger partial charge in [-0.15, -0.1) is 0 Å². The summed E-state index contributed by atoms with van der Waals surface area (Å²) in [6.45, 7) is 0. The second kappa shape index (κ2) is 10.5. The average Bonchev–Trinajstić information content (AvgIpc) is 3.66. The summed E-state index contributed by atoms with van der Waals surface area (Å²) in [7, 11) is 0. The Labute approximate surface area is 277 Å². The van der Waals surface area contributed by atoms with Crippen LogP contribution in [0.2, 0.25) is 0 Å². The minimum atomic E-state index is 0.00679. The lowest BCUT2D eigenvalue weighted by atomic mass is 9.95. The minimum absolute atomic E-state index is 0.00679. The van der Waals surface area contributed by atoms with Crippen molar-refractivity contribution >= 4 is 55.1 Å². The van der Waals surface area contributed by atoms with Gasteiger partial charge in [0.15, 0.2) is 0 Å². The summed E-state index contributed by atoms with van der Waals surface area (Å²) in [4.78, 5) is 10.1. The Morgan fingerprint density at radius 3 is 1.81 bits per heavy atom. The van der Waals surface area contributed by atoms with Gasteiger partial charge in [-0.25, -0.2) is 9.98 Å². The largest absolute Gasteiger partial charge is 0.359 e. The van der Waals surface area contributed by atoms with Gasteiger partial charge in [-0.05, 0) is 60.2 Å². The van der Waals surface area contributed by atoms with E-state index in [9.17, 15) is 0 Å². The molecule has 5 nitrogen and oxygen atoms in total. The number of aliphatic imine (C=N–C) groups is 1. The fourth-order valence-corrected chi connectivity index (χ4v) is 7.45. The van der Waals surface area contributed by atoms with E-state index in [0.717, 1.165) is 39.6 Å². The Balaban J connectivity index is 1.14. The van der Waals surface area contributed by atoms with Gasteiger partial charge >= 0.3 is 0 Å². The monoisotopic (exact) mass is 615 g/mol. The Hall–Kier alpha value is -6.46. The summed E-state index contributed by atoms with van der Waals surface area (Å²) >= 11 is 0. The predicted molar refractivity (Wildman–Crippen MR) is 197 cm³/mol. The molecule has 6 aromatic carbocycles. The van der Waals surface area contributed by atoms with E-state index in [1.807, 2.05) is 12.3 Å². The number of fused-ring (bicyclic) bond motifs is 7. The molecule has 5 heteroatoms. The molecule has 48 heavy (non-hydrogen) atoms. The summed E-state index contributed by atoms with van der Waals surface area (Å²) in [5, 5.41) is 8.55. The average molecular weight is 616 g/mol. The zero-order valence-corrected chi connectivity index (χ0v) is 26.0. The van der Waals surface area contributed by atoms with Crippen LogP contribution in [0.1, 0.15) is 22.7 Å². The molecule has 1 aliphatic rings. The number of aromatic nitrogens is 3. The third kappa shape index (κ3) is 4.04. The molecule has 0 fully saturated rings. The molecule has 9 aromatic rings. The smallest absolute Gasteiger partial charge is 0.137 e.